The highest BCUT2D eigenvalue weighted by Crippen LogP contribution is 2.32. The van der Waals surface area contributed by atoms with Gasteiger partial charge < -0.3 is 10.6 Å². The average molecular weight is 417 g/mol. The molecule has 1 aromatic heterocycles. The summed E-state index contributed by atoms with van der Waals surface area (Å²) in [4.78, 5) is 42.1. The van der Waals surface area contributed by atoms with Crippen molar-refractivity contribution in [2.75, 3.05) is 12.3 Å². The summed E-state index contributed by atoms with van der Waals surface area (Å²) in [6.07, 6.45) is 4.94. The van der Waals surface area contributed by atoms with Gasteiger partial charge in [0.05, 0.1) is 16.7 Å². The van der Waals surface area contributed by atoms with Gasteiger partial charge in [-0.15, -0.1) is 0 Å². The third kappa shape index (κ3) is 5.18. The van der Waals surface area contributed by atoms with Crippen molar-refractivity contribution < 1.29 is 9.59 Å². The minimum absolute atomic E-state index is 0.0438. The van der Waals surface area contributed by atoms with Crippen molar-refractivity contribution in [2.45, 2.75) is 63.2 Å². The Morgan fingerprint density at radius 1 is 1.28 bits per heavy atom. The van der Waals surface area contributed by atoms with Crippen LogP contribution >= 0.6 is 11.8 Å². The van der Waals surface area contributed by atoms with Gasteiger partial charge in [-0.3, -0.25) is 19.0 Å². The molecule has 8 heteroatoms. The normalized spacial score (nSPS) is 15.4. The molecule has 1 fully saturated rings. The van der Waals surface area contributed by atoms with Crippen LogP contribution in [0.15, 0.2) is 34.2 Å². The third-order valence-electron chi connectivity index (χ3n) is 5.12. The summed E-state index contributed by atoms with van der Waals surface area (Å²) in [5, 5.41) is 6.65. The summed E-state index contributed by atoms with van der Waals surface area (Å²) < 4.78 is 1.77. The summed E-state index contributed by atoms with van der Waals surface area (Å²) >= 11 is 1.25. The van der Waals surface area contributed by atoms with Gasteiger partial charge in [-0.25, -0.2) is 4.98 Å². The number of carbonyl (C=O) groups excluding carboxylic acids is 2. The van der Waals surface area contributed by atoms with Crippen molar-refractivity contribution in [3.05, 3.63) is 34.6 Å². The Balaban J connectivity index is 1.75. The van der Waals surface area contributed by atoms with E-state index in [1.807, 2.05) is 25.1 Å². The fourth-order valence-corrected chi connectivity index (χ4v) is 4.47. The van der Waals surface area contributed by atoms with Crippen LogP contribution in [0.25, 0.3) is 10.9 Å². The molecule has 0 spiro atoms. The van der Waals surface area contributed by atoms with E-state index in [0.717, 1.165) is 32.1 Å². The molecule has 2 N–H and O–H groups in total. The van der Waals surface area contributed by atoms with Crippen LogP contribution < -0.4 is 16.2 Å². The summed E-state index contributed by atoms with van der Waals surface area (Å²) in [7, 11) is 0. The average Bonchev–Trinajstić information content (AvgIpc) is 3.24. The van der Waals surface area contributed by atoms with E-state index in [1.54, 1.807) is 17.6 Å². The standard InChI is InChI=1S/C21H28N4O3S/c1-3-12-22-19(27)14(2)23-18(26)13-29-21-24-17-11-7-6-10-16(17)20(28)25(21)15-8-4-5-9-15/h6-7,10-11,14-15H,3-5,8-9,12-13H2,1-2H3,(H,22,27)(H,23,26)/t14-/m0/s1. The Morgan fingerprint density at radius 2 is 2.00 bits per heavy atom. The zero-order valence-corrected chi connectivity index (χ0v) is 17.8. The predicted molar refractivity (Wildman–Crippen MR) is 115 cm³/mol. The molecule has 1 aromatic carbocycles. The SMILES string of the molecule is CCCNC(=O)[C@H](C)NC(=O)CSc1nc2ccccc2c(=O)n1C1CCCC1. The summed E-state index contributed by atoms with van der Waals surface area (Å²) in [5.41, 5.74) is 0.597. The zero-order chi connectivity index (χ0) is 20.8. The monoisotopic (exact) mass is 416 g/mol. The van der Waals surface area contributed by atoms with Crippen LogP contribution in [0, 0.1) is 0 Å². The Labute approximate surface area is 174 Å². The molecule has 1 atom stereocenters. The number of nitrogens with one attached hydrogen (secondary N) is 2. The van der Waals surface area contributed by atoms with Gasteiger partial charge in [-0.05, 0) is 38.3 Å². The molecule has 29 heavy (non-hydrogen) atoms. The van der Waals surface area contributed by atoms with Crippen molar-refractivity contribution in [2.24, 2.45) is 0 Å². The number of hydrogen-bond donors (Lipinski definition) is 2. The zero-order valence-electron chi connectivity index (χ0n) is 16.9. The Kier molecular flexibility index (Phi) is 7.30. The van der Waals surface area contributed by atoms with Crippen LogP contribution in [0.4, 0.5) is 0 Å². The summed E-state index contributed by atoms with van der Waals surface area (Å²) in [6.45, 7) is 4.22. The van der Waals surface area contributed by atoms with Crippen molar-refractivity contribution in [1.29, 1.82) is 0 Å². The van der Waals surface area contributed by atoms with Crippen LogP contribution in [0.5, 0.6) is 0 Å². The molecule has 1 aliphatic carbocycles. The van der Waals surface area contributed by atoms with Crippen molar-refractivity contribution in [3.63, 3.8) is 0 Å². The Bertz CT molecular complexity index is 937. The Morgan fingerprint density at radius 3 is 2.72 bits per heavy atom. The lowest BCUT2D eigenvalue weighted by atomic mass is 10.2. The molecule has 0 saturated heterocycles. The molecular weight excluding hydrogens is 388 g/mol. The molecule has 0 radical (unpaired) electrons. The first kappa shape index (κ1) is 21.4. The maximum Gasteiger partial charge on any atom is 0.262 e. The van der Waals surface area contributed by atoms with E-state index in [1.165, 1.54) is 11.8 Å². The van der Waals surface area contributed by atoms with Crippen LogP contribution in [-0.2, 0) is 9.59 Å². The highest BCUT2D eigenvalue weighted by atomic mass is 32.2. The number of carbonyl (C=O) groups is 2. The van der Waals surface area contributed by atoms with E-state index < -0.39 is 6.04 Å². The molecule has 0 unspecified atom stereocenters. The second kappa shape index (κ2) is 9.91. The quantitative estimate of drug-likeness (QED) is 0.510. The van der Waals surface area contributed by atoms with Gasteiger partial charge in [0, 0.05) is 12.6 Å². The van der Waals surface area contributed by atoms with Crippen molar-refractivity contribution >= 4 is 34.5 Å². The van der Waals surface area contributed by atoms with Gasteiger partial charge in [0.2, 0.25) is 11.8 Å². The number of hydrogen-bond acceptors (Lipinski definition) is 5. The molecule has 1 aliphatic rings. The van der Waals surface area contributed by atoms with Crippen LogP contribution in [0.2, 0.25) is 0 Å². The first-order valence-corrected chi connectivity index (χ1v) is 11.2. The number of thioether (sulfide) groups is 1. The topological polar surface area (TPSA) is 93.1 Å². The lowest BCUT2D eigenvalue weighted by Crippen LogP contribution is -2.45. The van der Waals surface area contributed by atoms with E-state index in [-0.39, 0.29) is 29.2 Å². The fourth-order valence-electron chi connectivity index (χ4n) is 3.59. The van der Waals surface area contributed by atoms with Crippen LogP contribution in [-0.4, -0.2) is 39.7 Å². The molecule has 2 amide bonds. The maximum absolute atomic E-state index is 13.1. The van der Waals surface area contributed by atoms with E-state index in [0.29, 0.717) is 22.6 Å². The van der Waals surface area contributed by atoms with Gasteiger partial charge in [0.1, 0.15) is 6.04 Å². The van der Waals surface area contributed by atoms with Gasteiger partial charge in [-0.1, -0.05) is 43.7 Å². The molecule has 1 saturated carbocycles. The number of rotatable bonds is 8. The summed E-state index contributed by atoms with van der Waals surface area (Å²) in [6, 6.07) is 6.84. The van der Waals surface area contributed by atoms with E-state index in [9.17, 15) is 14.4 Å². The first-order valence-electron chi connectivity index (χ1n) is 10.2. The van der Waals surface area contributed by atoms with Crippen LogP contribution in [0.3, 0.4) is 0 Å². The van der Waals surface area contributed by atoms with Crippen molar-refractivity contribution in [1.82, 2.24) is 20.2 Å². The fraction of sp³-hybridized carbons (Fsp3) is 0.524. The molecule has 156 valence electrons. The highest BCUT2D eigenvalue weighted by Gasteiger charge is 2.24. The summed E-state index contributed by atoms with van der Waals surface area (Å²) in [5.74, 6) is -0.352. The number of benzene rings is 1. The van der Waals surface area contributed by atoms with E-state index in [2.05, 4.69) is 15.6 Å². The second-order valence-corrected chi connectivity index (χ2v) is 8.34. The first-order chi connectivity index (χ1) is 14.0. The van der Waals surface area contributed by atoms with Gasteiger partial charge in [-0.2, -0.15) is 0 Å². The van der Waals surface area contributed by atoms with Crippen LogP contribution in [0.1, 0.15) is 52.0 Å². The molecule has 7 nitrogen and oxygen atoms in total. The van der Waals surface area contributed by atoms with Gasteiger partial charge >= 0.3 is 0 Å². The number of fused-ring (bicyclic) bond motifs is 1. The largest absolute Gasteiger partial charge is 0.354 e. The van der Waals surface area contributed by atoms with Crippen molar-refractivity contribution in [3.8, 4) is 0 Å². The van der Waals surface area contributed by atoms with E-state index >= 15 is 0 Å². The highest BCUT2D eigenvalue weighted by molar-refractivity contribution is 7.99. The molecule has 0 bridgehead atoms. The van der Waals surface area contributed by atoms with E-state index in [4.69, 9.17) is 0 Å². The molecule has 0 aliphatic heterocycles. The number of amides is 2. The minimum Gasteiger partial charge on any atom is -0.354 e. The van der Waals surface area contributed by atoms with Gasteiger partial charge in [0.25, 0.3) is 5.56 Å². The third-order valence-corrected chi connectivity index (χ3v) is 6.07. The predicted octanol–water partition coefficient (Wildman–Crippen LogP) is 2.63. The second-order valence-electron chi connectivity index (χ2n) is 7.39. The van der Waals surface area contributed by atoms with Gasteiger partial charge in [0.15, 0.2) is 5.16 Å². The lowest BCUT2D eigenvalue weighted by molar-refractivity contribution is -0.127. The molecule has 3 rings (SSSR count). The molecular formula is C21H28N4O3S. The molecule has 2 aromatic rings. The molecule has 1 heterocycles. The number of para-hydroxylation sites is 1. The maximum atomic E-state index is 13.1. The number of aromatic nitrogens is 2. The minimum atomic E-state index is -0.601. The Hall–Kier alpha value is -2.35. The number of nitrogens with zero attached hydrogens (tertiary/aromatic N) is 2. The smallest absolute Gasteiger partial charge is 0.262 e. The lowest BCUT2D eigenvalue weighted by Gasteiger charge is -2.19.